The molecule has 3 atom stereocenters. The van der Waals surface area contributed by atoms with Crippen molar-refractivity contribution in [3.05, 3.63) is 70.5 Å². The Kier molecular flexibility index (Phi) is 4.97. The van der Waals surface area contributed by atoms with E-state index in [0.29, 0.717) is 17.2 Å². The minimum Gasteiger partial charge on any atom is -0.467 e. The van der Waals surface area contributed by atoms with Gasteiger partial charge in [0.15, 0.2) is 5.54 Å². The molecule has 1 aromatic carbocycles. The standard InChI is InChI=1S/C20H19ClN2O5/c1-26-19(25)20-15-8-7-14(21)9-13(15)10-16(20)28-17(22-23-20)18(24)27-11-12-5-3-2-4-6-12/h2-7,9-10,15,17,22-23H,8,11H2,1H3/t15-,17-,20+/m0/s1. The summed E-state index contributed by atoms with van der Waals surface area (Å²) in [6.45, 7) is 0.121. The molecule has 1 heterocycles. The molecule has 1 fully saturated rings. The Hall–Kier alpha value is -2.61. The van der Waals surface area contributed by atoms with Crippen molar-refractivity contribution >= 4 is 23.5 Å². The van der Waals surface area contributed by atoms with Crippen molar-refractivity contribution in [2.24, 2.45) is 5.92 Å². The first-order valence-corrected chi connectivity index (χ1v) is 9.20. The second kappa shape index (κ2) is 7.43. The van der Waals surface area contributed by atoms with Crippen molar-refractivity contribution in [1.29, 1.82) is 0 Å². The van der Waals surface area contributed by atoms with Crippen LogP contribution >= 0.6 is 11.6 Å². The summed E-state index contributed by atoms with van der Waals surface area (Å²) in [5.74, 6) is -1.07. The zero-order valence-electron chi connectivity index (χ0n) is 15.1. The maximum absolute atomic E-state index is 12.7. The molecular weight excluding hydrogens is 384 g/mol. The zero-order valence-corrected chi connectivity index (χ0v) is 15.9. The van der Waals surface area contributed by atoms with Crippen LogP contribution in [0.4, 0.5) is 0 Å². The Morgan fingerprint density at radius 2 is 2.07 bits per heavy atom. The second-order valence-corrected chi connectivity index (χ2v) is 7.13. The van der Waals surface area contributed by atoms with Crippen molar-refractivity contribution in [1.82, 2.24) is 10.9 Å². The van der Waals surface area contributed by atoms with Gasteiger partial charge in [-0.05, 0) is 29.7 Å². The summed E-state index contributed by atoms with van der Waals surface area (Å²) < 4.78 is 16.1. The molecule has 0 amide bonds. The highest BCUT2D eigenvalue weighted by Crippen LogP contribution is 2.47. The molecule has 146 valence electrons. The normalized spacial score (nSPS) is 28.0. The molecule has 7 nitrogen and oxygen atoms in total. The molecule has 0 aromatic heterocycles. The van der Waals surface area contributed by atoms with E-state index in [1.807, 2.05) is 36.4 Å². The summed E-state index contributed by atoms with van der Waals surface area (Å²) in [5.41, 5.74) is 6.15. The third-order valence-corrected chi connectivity index (χ3v) is 5.32. The first kappa shape index (κ1) is 18.7. The van der Waals surface area contributed by atoms with Crippen LogP contribution in [0.25, 0.3) is 0 Å². The van der Waals surface area contributed by atoms with Crippen LogP contribution in [-0.4, -0.2) is 30.8 Å². The van der Waals surface area contributed by atoms with Gasteiger partial charge in [0.25, 0.3) is 6.23 Å². The van der Waals surface area contributed by atoms with Gasteiger partial charge < -0.3 is 14.2 Å². The third kappa shape index (κ3) is 3.11. The number of benzene rings is 1. The molecule has 0 unspecified atom stereocenters. The van der Waals surface area contributed by atoms with Gasteiger partial charge in [-0.25, -0.2) is 20.4 Å². The number of ether oxygens (including phenoxy) is 3. The molecule has 0 radical (unpaired) electrons. The molecule has 1 saturated heterocycles. The summed E-state index contributed by atoms with van der Waals surface area (Å²) >= 11 is 6.11. The number of nitrogens with one attached hydrogen (secondary N) is 2. The molecule has 8 heteroatoms. The molecule has 0 spiro atoms. The Bertz CT molecular complexity index is 895. The van der Waals surface area contributed by atoms with Crippen LogP contribution in [0.15, 0.2) is 64.9 Å². The summed E-state index contributed by atoms with van der Waals surface area (Å²) in [6, 6.07) is 9.33. The highest BCUT2D eigenvalue weighted by molar-refractivity contribution is 6.31. The summed E-state index contributed by atoms with van der Waals surface area (Å²) in [4.78, 5) is 25.1. The number of carbonyl (C=O) groups is 2. The van der Waals surface area contributed by atoms with Gasteiger partial charge in [0.1, 0.15) is 12.4 Å². The Morgan fingerprint density at radius 1 is 1.29 bits per heavy atom. The van der Waals surface area contributed by atoms with E-state index in [0.717, 1.165) is 11.1 Å². The van der Waals surface area contributed by atoms with E-state index in [1.165, 1.54) is 7.11 Å². The number of hydrazine groups is 1. The number of hydrogen-bond donors (Lipinski definition) is 2. The van der Waals surface area contributed by atoms with E-state index in [-0.39, 0.29) is 12.5 Å². The fourth-order valence-electron chi connectivity index (χ4n) is 3.67. The molecule has 4 rings (SSSR count). The van der Waals surface area contributed by atoms with Crippen LogP contribution in [0, 0.1) is 5.92 Å². The van der Waals surface area contributed by atoms with Gasteiger partial charge in [-0.15, -0.1) is 0 Å². The number of esters is 2. The van der Waals surface area contributed by atoms with Crippen molar-refractivity contribution in [2.75, 3.05) is 7.11 Å². The molecule has 2 N–H and O–H groups in total. The highest BCUT2D eigenvalue weighted by Gasteiger charge is 2.59. The first-order valence-electron chi connectivity index (χ1n) is 8.82. The minimum absolute atomic E-state index is 0.121. The SMILES string of the molecule is COC(=O)[C@]12NN[C@H](C(=O)OCc3ccccc3)OC1=CC1=CC(Cl)=CC[C@@H]12. The quantitative estimate of drug-likeness (QED) is 0.745. The van der Waals surface area contributed by atoms with E-state index in [4.69, 9.17) is 25.8 Å². The fraction of sp³-hybridized carbons (Fsp3) is 0.300. The molecular formula is C20H19ClN2O5. The monoisotopic (exact) mass is 402 g/mol. The van der Waals surface area contributed by atoms with Crippen LogP contribution in [-0.2, 0) is 30.4 Å². The molecule has 28 heavy (non-hydrogen) atoms. The Morgan fingerprint density at radius 3 is 2.82 bits per heavy atom. The number of methoxy groups -OCH3 is 1. The number of carbonyl (C=O) groups excluding carboxylic acids is 2. The minimum atomic E-state index is -1.26. The molecule has 1 aliphatic heterocycles. The van der Waals surface area contributed by atoms with Crippen molar-refractivity contribution < 1.29 is 23.8 Å². The molecule has 0 bridgehead atoms. The Balaban J connectivity index is 1.52. The van der Waals surface area contributed by atoms with Crippen LogP contribution in [0.1, 0.15) is 12.0 Å². The van der Waals surface area contributed by atoms with Gasteiger partial charge >= 0.3 is 11.9 Å². The zero-order chi connectivity index (χ0) is 19.7. The van der Waals surface area contributed by atoms with Crippen LogP contribution in [0.5, 0.6) is 0 Å². The maximum Gasteiger partial charge on any atom is 0.364 e. The lowest BCUT2D eigenvalue weighted by molar-refractivity contribution is -0.171. The van der Waals surface area contributed by atoms with E-state index < -0.39 is 23.7 Å². The van der Waals surface area contributed by atoms with E-state index in [1.54, 1.807) is 12.2 Å². The third-order valence-electron chi connectivity index (χ3n) is 5.06. The van der Waals surface area contributed by atoms with Gasteiger partial charge in [-0.2, -0.15) is 0 Å². The van der Waals surface area contributed by atoms with E-state index in [2.05, 4.69) is 10.9 Å². The number of halogens is 1. The lowest BCUT2D eigenvalue weighted by Crippen LogP contribution is -2.69. The second-order valence-electron chi connectivity index (χ2n) is 6.69. The molecule has 2 aliphatic carbocycles. The van der Waals surface area contributed by atoms with Crippen LogP contribution < -0.4 is 10.9 Å². The highest BCUT2D eigenvalue weighted by atomic mass is 35.5. The average Bonchev–Trinajstić information content (AvgIpc) is 3.05. The van der Waals surface area contributed by atoms with Gasteiger partial charge in [-0.3, -0.25) is 0 Å². The van der Waals surface area contributed by atoms with Gasteiger partial charge in [-0.1, -0.05) is 48.0 Å². The van der Waals surface area contributed by atoms with Crippen LogP contribution in [0.2, 0.25) is 0 Å². The smallest absolute Gasteiger partial charge is 0.364 e. The first-order chi connectivity index (χ1) is 13.5. The van der Waals surface area contributed by atoms with Gasteiger partial charge in [0, 0.05) is 11.0 Å². The number of hydrogen-bond acceptors (Lipinski definition) is 7. The summed E-state index contributed by atoms with van der Waals surface area (Å²) in [5, 5.41) is 0.591. The fourth-order valence-corrected chi connectivity index (χ4v) is 3.88. The van der Waals surface area contributed by atoms with Crippen LogP contribution in [0.3, 0.4) is 0 Å². The maximum atomic E-state index is 12.7. The van der Waals surface area contributed by atoms with Crippen molar-refractivity contribution in [3.8, 4) is 0 Å². The van der Waals surface area contributed by atoms with E-state index in [9.17, 15) is 9.59 Å². The van der Waals surface area contributed by atoms with Gasteiger partial charge in [0.05, 0.1) is 7.11 Å². The summed E-state index contributed by atoms with van der Waals surface area (Å²) in [6.07, 6.45) is 4.76. The van der Waals surface area contributed by atoms with Crippen molar-refractivity contribution in [3.63, 3.8) is 0 Å². The average molecular weight is 403 g/mol. The molecule has 1 aromatic rings. The topological polar surface area (TPSA) is 85.9 Å². The lowest BCUT2D eigenvalue weighted by Gasteiger charge is -2.41. The molecule has 0 saturated carbocycles. The molecule has 3 aliphatic rings. The summed E-state index contributed by atoms with van der Waals surface area (Å²) in [7, 11) is 1.31. The lowest BCUT2D eigenvalue weighted by atomic mass is 9.79. The van der Waals surface area contributed by atoms with E-state index >= 15 is 0 Å². The Labute approximate surface area is 166 Å². The number of allylic oxidation sites excluding steroid dienone is 4. The largest absolute Gasteiger partial charge is 0.467 e. The van der Waals surface area contributed by atoms with Crippen molar-refractivity contribution in [2.45, 2.75) is 24.8 Å². The predicted octanol–water partition coefficient (Wildman–Crippen LogP) is 2.06. The predicted molar refractivity (Wildman–Crippen MR) is 100 cm³/mol. The number of rotatable bonds is 4. The van der Waals surface area contributed by atoms with Gasteiger partial charge in [0.2, 0.25) is 0 Å². The number of fused-ring (bicyclic) bond motifs is 3.